The minimum atomic E-state index is -3.92. The molecule has 1 fully saturated rings. The molecule has 3 heterocycles. The number of nitrogens with one attached hydrogen (secondary N) is 1. The number of amidine groups is 1. The summed E-state index contributed by atoms with van der Waals surface area (Å²) in [6.07, 6.45) is 11.3. The van der Waals surface area contributed by atoms with Crippen molar-refractivity contribution in [2.45, 2.75) is 31.4 Å². The number of nitrogens with zero attached hydrogens (tertiary/aromatic N) is 3. The van der Waals surface area contributed by atoms with E-state index in [0.717, 1.165) is 0 Å². The summed E-state index contributed by atoms with van der Waals surface area (Å²) >= 11 is 3.36. The highest BCUT2D eigenvalue weighted by Gasteiger charge is 2.34. The van der Waals surface area contributed by atoms with Gasteiger partial charge in [0.05, 0.1) is 12.1 Å². The van der Waals surface area contributed by atoms with E-state index in [1.807, 2.05) is 4.90 Å². The van der Waals surface area contributed by atoms with Gasteiger partial charge in [0.25, 0.3) is 0 Å². The molecule has 0 amide bonds. The molecule has 0 saturated carbocycles. The van der Waals surface area contributed by atoms with Gasteiger partial charge in [-0.05, 0) is 46.1 Å². The number of hydrogen-bond donors (Lipinski definition) is 1. The monoisotopic (exact) mass is 514 g/mol. The van der Waals surface area contributed by atoms with Crippen LogP contribution in [0.2, 0.25) is 0 Å². The maximum Gasteiger partial charge on any atom is 0.241 e. The molecule has 1 saturated heterocycles. The molecule has 2 aliphatic heterocycles. The smallest absolute Gasteiger partial charge is 0.241 e. The molecule has 31 heavy (non-hydrogen) atoms. The molecule has 2 atom stereocenters. The number of oxime groups is 1. The van der Waals surface area contributed by atoms with Crippen LogP contribution in [-0.4, -0.2) is 49.3 Å². The molecule has 7 nitrogen and oxygen atoms in total. The highest BCUT2D eigenvalue weighted by molar-refractivity contribution is 9.10. The van der Waals surface area contributed by atoms with Crippen molar-refractivity contribution in [3.05, 3.63) is 52.0 Å². The number of sulfonamides is 1. The van der Waals surface area contributed by atoms with Gasteiger partial charge in [-0.25, -0.2) is 21.9 Å². The SMILES string of the molecule is C#C/C=C\C=C(\F)Cc1cc(Br)cnc1C1CC(N2CC[C@H](NS(=O)(=O)CF)C2)=NO1. The average molecular weight is 515 g/mol. The van der Waals surface area contributed by atoms with E-state index in [1.165, 1.54) is 18.2 Å². The molecular formula is C20H21BrF2N4O3S. The van der Waals surface area contributed by atoms with Gasteiger partial charge in [-0.3, -0.25) is 4.98 Å². The minimum absolute atomic E-state index is 0.0165. The summed E-state index contributed by atoms with van der Waals surface area (Å²) in [6.45, 7) is 0.932. The van der Waals surface area contributed by atoms with Gasteiger partial charge in [-0.1, -0.05) is 17.2 Å². The number of hydrogen-bond acceptors (Lipinski definition) is 6. The van der Waals surface area contributed by atoms with Crippen molar-refractivity contribution in [1.29, 1.82) is 0 Å². The first-order chi connectivity index (χ1) is 14.8. The summed E-state index contributed by atoms with van der Waals surface area (Å²) in [5.41, 5.74) is 1.22. The van der Waals surface area contributed by atoms with Gasteiger partial charge in [-0.2, -0.15) is 0 Å². The summed E-state index contributed by atoms with van der Waals surface area (Å²) in [7, 11) is -3.92. The number of alkyl halides is 1. The lowest BCUT2D eigenvalue weighted by Gasteiger charge is -2.18. The van der Waals surface area contributed by atoms with Crippen LogP contribution in [-0.2, 0) is 21.3 Å². The first kappa shape index (κ1) is 23.4. The third-order valence-electron chi connectivity index (χ3n) is 4.80. The number of terminal acetylenes is 1. The van der Waals surface area contributed by atoms with Gasteiger partial charge in [0.2, 0.25) is 16.0 Å². The molecule has 1 unspecified atom stereocenters. The number of pyridine rings is 1. The van der Waals surface area contributed by atoms with E-state index < -0.39 is 22.1 Å². The van der Waals surface area contributed by atoms with Gasteiger partial charge in [-0.15, -0.1) is 6.42 Å². The third-order valence-corrected chi connectivity index (χ3v) is 6.21. The summed E-state index contributed by atoms with van der Waals surface area (Å²) in [4.78, 5) is 11.9. The Morgan fingerprint density at radius 2 is 2.32 bits per heavy atom. The van der Waals surface area contributed by atoms with E-state index in [2.05, 4.69) is 36.7 Å². The lowest BCUT2D eigenvalue weighted by Crippen LogP contribution is -2.38. The molecule has 1 N–H and O–H groups in total. The van der Waals surface area contributed by atoms with Crippen molar-refractivity contribution in [1.82, 2.24) is 14.6 Å². The van der Waals surface area contributed by atoms with Crippen LogP contribution in [0.25, 0.3) is 0 Å². The molecule has 166 valence electrons. The van der Waals surface area contributed by atoms with Crippen LogP contribution in [0.5, 0.6) is 0 Å². The van der Waals surface area contributed by atoms with E-state index >= 15 is 0 Å². The second-order valence-electron chi connectivity index (χ2n) is 7.09. The molecule has 1 aromatic heterocycles. The summed E-state index contributed by atoms with van der Waals surface area (Å²) in [6, 6.07) is -0.0595. The number of likely N-dealkylation sites (tertiary alicyclic amines) is 1. The number of rotatable bonds is 7. The third kappa shape index (κ3) is 6.35. The minimum Gasteiger partial charge on any atom is -0.384 e. The predicted molar refractivity (Wildman–Crippen MR) is 117 cm³/mol. The molecule has 0 bridgehead atoms. The maximum atomic E-state index is 14.3. The van der Waals surface area contributed by atoms with Gasteiger partial charge >= 0.3 is 0 Å². The van der Waals surface area contributed by atoms with E-state index in [-0.39, 0.29) is 18.3 Å². The van der Waals surface area contributed by atoms with E-state index in [1.54, 1.807) is 12.3 Å². The Hall–Kier alpha value is -2.29. The van der Waals surface area contributed by atoms with E-state index in [4.69, 9.17) is 11.3 Å². The first-order valence-corrected chi connectivity index (χ1v) is 11.9. The molecule has 0 spiro atoms. The van der Waals surface area contributed by atoms with E-state index in [0.29, 0.717) is 47.5 Å². The Morgan fingerprint density at radius 1 is 1.52 bits per heavy atom. The second-order valence-corrected chi connectivity index (χ2v) is 9.69. The Bertz CT molecular complexity index is 1050. The number of aromatic nitrogens is 1. The standard InChI is InChI=1S/C20H21BrF2N4O3S/c1-2-3-4-5-16(23)9-14-8-15(21)11-24-20(14)18-10-19(25-30-18)27-7-6-17(12-27)26-31(28,29)13-22/h1,3-5,8,11,17-18,26H,6-7,9-10,12-13H2/b4-3-,16-5+/t17-,18?/m0/s1. The van der Waals surface area contributed by atoms with Crippen molar-refractivity contribution in [2.75, 3.05) is 19.1 Å². The van der Waals surface area contributed by atoms with Crippen molar-refractivity contribution in [3.63, 3.8) is 0 Å². The van der Waals surface area contributed by atoms with Crippen molar-refractivity contribution >= 4 is 31.8 Å². The topological polar surface area (TPSA) is 83.9 Å². The maximum absolute atomic E-state index is 14.3. The quantitative estimate of drug-likeness (QED) is 0.446. The average Bonchev–Trinajstić information content (AvgIpc) is 3.37. The van der Waals surface area contributed by atoms with Crippen LogP contribution in [0.3, 0.4) is 0 Å². The summed E-state index contributed by atoms with van der Waals surface area (Å²) in [5.74, 6) is 2.56. The zero-order chi connectivity index (χ0) is 22.4. The first-order valence-electron chi connectivity index (χ1n) is 9.46. The van der Waals surface area contributed by atoms with Crippen LogP contribution in [0, 0.1) is 12.3 Å². The lowest BCUT2D eigenvalue weighted by atomic mass is 10.0. The highest BCUT2D eigenvalue weighted by Crippen LogP contribution is 2.32. The second kappa shape index (κ2) is 10.3. The van der Waals surface area contributed by atoms with Gasteiger partial charge < -0.3 is 9.74 Å². The highest BCUT2D eigenvalue weighted by atomic mass is 79.9. The number of halogens is 3. The van der Waals surface area contributed by atoms with Gasteiger partial charge in [0, 0.05) is 36.2 Å². The largest absolute Gasteiger partial charge is 0.384 e. The summed E-state index contributed by atoms with van der Waals surface area (Å²) in [5, 5.41) is 4.13. The van der Waals surface area contributed by atoms with E-state index in [9.17, 15) is 17.2 Å². The van der Waals surface area contributed by atoms with Gasteiger partial charge in [0.1, 0.15) is 11.7 Å². The Kier molecular flexibility index (Phi) is 7.80. The van der Waals surface area contributed by atoms with Crippen LogP contribution in [0.15, 0.2) is 45.9 Å². The van der Waals surface area contributed by atoms with Crippen LogP contribution in [0.1, 0.15) is 30.2 Å². The van der Waals surface area contributed by atoms with Crippen molar-refractivity contribution < 1.29 is 22.0 Å². The zero-order valence-electron chi connectivity index (χ0n) is 16.5. The normalized spacial score (nSPS) is 21.9. The molecule has 0 radical (unpaired) electrons. The molecule has 11 heteroatoms. The molecular weight excluding hydrogens is 494 g/mol. The Labute approximate surface area is 188 Å². The fraction of sp³-hybridized carbons (Fsp3) is 0.400. The van der Waals surface area contributed by atoms with Crippen LogP contribution >= 0.6 is 15.9 Å². The fourth-order valence-corrected chi connectivity index (χ4v) is 4.59. The lowest BCUT2D eigenvalue weighted by molar-refractivity contribution is 0.0817. The Balaban J connectivity index is 1.67. The van der Waals surface area contributed by atoms with Crippen molar-refractivity contribution in [2.24, 2.45) is 5.16 Å². The molecule has 2 aliphatic rings. The zero-order valence-corrected chi connectivity index (χ0v) is 18.9. The van der Waals surface area contributed by atoms with Crippen LogP contribution < -0.4 is 4.72 Å². The summed E-state index contributed by atoms with van der Waals surface area (Å²) < 4.78 is 52.7. The van der Waals surface area contributed by atoms with Crippen molar-refractivity contribution in [3.8, 4) is 12.3 Å². The molecule has 0 aliphatic carbocycles. The predicted octanol–water partition coefficient (Wildman–Crippen LogP) is 3.13. The van der Waals surface area contributed by atoms with Gasteiger partial charge in [0.15, 0.2) is 6.10 Å². The molecule has 0 aromatic carbocycles. The molecule has 1 aromatic rings. The number of allylic oxidation sites excluding steroid dienone is 4. The fourth-order valence-electron chi connectivity index (χ4n) is 3.45. The Morgan fingerprint density at radius 3 is 3.06 bits per heavy atom. The molecule has 3 rings (SSSR count). The van der Waals surface area contributed by atoms with Crippen LogP contribution in [0.4, 0.5) is 8.78 Å².